The Bertz CT molecular complexity index is 982. The number of nitrogens with one attached hydrogen (secondary N) is 1. The number of hydrogen-bond donors (Lipinski definition) is 1. The van der Waals surface area contributed by atoms with E-state index in [-0.39, 0.29) is 5.91 Å². The van der Waals surface area contributed by atoms with Gasteiger partial charge in [-0.15, -0.1) is 0 Å². The summed E-state index contributed by atoms with van der Waals surface area (Å²) >= 11 is 0. The van der Waals surface area contributed by atoms with E-state index in [2.05, 4.69) is 10.3 Å². The van der Waals surface area contributed by atoms with Crippen LogP contribution in [-0.4, -0.2) is 33.8 Å². The van der Waals surface area contributed by atoms with Crippen molar-refractivity contribution in [2.45, 2.75) is 39.2 Å². The molecule has 0 aliphatic heterocycles. The van der Waals surface area contributed by atoms with Gasteiger partial charge >= 0.3 is 0 Å². The Morgan fingerprint density at radius 3 is 2.79 bits per heavy atom. The molecule has 6 heteroatoms. The lowest BCUT2D eigenvalue weighted by atomic mass is 9.95. The van der Waals surface area contributed by atoms with Gasteiger partial charge in [0.1, 0.15) is 11.4 Å². The number of aromatic nitrogens is 3. The molecule has 0 spiro atoms. The molecule has 1 aliphatic carbocycles. The summed E-state index contributed by atoms with van der Waals surface area (Å²) < 4.78 is 7.61. The van der Waals surface area contributed by atoms with Crippen LogP contribution >= 0.6 is 0 Å². The number of fused-ring (bicyclic) bond motifs is 1. The zero-order chi connectivity index (χ0) is 20.1. The number of pyridine rings is 1. The molecule has 1 aromatic carbocycles. The third kappa shape index (κ3) is 4.16. The minimum absolute atomic E-state index is 0.125. The maximum atomic E-state index is 12.6. The largest absolute Gasteiger partial charge is 0.493 e. The number of amides is 1. The molecule has 0 bridgehead atoms. The summed E-state index contributed by atoms with van der Waals surface area (Å²) in [6, 6.07) is 13.2. The lowest BCUT2D eigenvalue weighted by Crippen LogP contribution is -2.28. The van der Waals surface area contributed by atoms with E-state index in [1.165, 1.54) is 24.1 Å². The molecule has 1 aliphatic rings. The summed E-state index contributed by atoms with van der Waals surface area (Å²) in [5, 5.41) is 7.86. The van der Waals surface area contributed by atoms with Crippen molar-refractivity contribution in [1.82, 2.24) is 20.1 Å². The topological polar surface area (TPSA) is 69.0 Å². The predicted octanol–water partition coefficient (Wildman–Crippen LogP) is 3.65. The highest BCUT2D eigenvalue weighted by Crippen LogP contribution is 2.30. The van der Waals surface area contributed by atoms with E-state index < -0.39 is 0 Å². The highest BCUT2D eigenvalue weighted by Gasteiger charge is 2.22. The number of benzene rings is 1. The Morgan fingerprint density at radius 1 is 1.14 bits per heavy atom. The number of carbonyl (C=O) groups excluding carboxylic acids is 1. The van der Waals surface area contributed by atoms with Gasteiger partial charge < -0.3 is 10.1 Å². The molecule has 1 N–H and O–H groups in total. The van der Waals surface area contributed by atoms with Crippen LogP contribution in [0.2, 0.25) is 0 Å². The van der Waals surface area contributed by atoms with Crippen LogP contribution in [-0.2, 0) is 19.4 Å². The van der Waals surface area contributed by atoms with E-state index in [1.807, 2.05) is 48.0 Å². The van der Waals surface area contributed by atoms with Gasteiger partial charge in [0.2, 0.25) is 0 Å². The number of hydrogen-bond acceptors (Lipinski definition) is 4. The summed E-state index contributed by atoms with van der Waals surface area (Å²) in [5.41, 5.74) is 5.04. The molecule has 4 rings (SSSR count). The molecular formula is C23H26N4O2. The number of nitrogens with zero attached hydrogens (tertiary/aromatic N) is 3. The smallest absolute Gasteiger partial charge is 0.255 e. The second kappa shape index (κ2) is 8.90. The molecule has 6 nitrogen and oxygen atoms in total. The van der Waals surface area contributed by atoms with Gasteiger partial charge in [0.25, 0.3) is 5.91 Å². The maximum Gasteiger partial charge on any atom is 0.255 e. The van der Waals surface area contributed by atoms with Crippen molar-refractivity contribution in [3.05, 3.63) is 65.5 Å². The summed E-state index contributed by atoms with van der Waals surface area (Å²) in [4.78, 5) is 17.1. The lowest BCUT2D eigenvalue weighted by Gasteiger charge is -2.15. The standard InChI is InChI=1S/C23H26N4O2/c1-2-29-21-13-6-4-10-18(21)23(28)25-15-16-27-20-12-5-3-9-17(20)22(26-27)19-11-7-8-14-24-19/h4,6-8,10-11,13-14H,2-3,5,9,12,15-16H2,1H3,(H,25,28). The number of carbonyl (C=O) groups is 1. The normalized spacial score (nSPS) is 13.0. The van der Waals surface area contributed by atoms with E-state index >= 15 is 0 Å². The van der Waals surface area contributed by atoms with Crippen molar-refractivity contribution in [1.29, 1.82) is 0 Å². The quantitative estimate of drug-likeness (QED) is 0.669. The van der Waals surface area contributed by atoms with Crippen molar-refractivity contribution in [3.63, 3.8) is 0 Å². The van der Waals surface area contributed by atoms with Gasteiger partial charge in [-0.25, -0.2) is 0 Å². The van der Waals surface area contributed by atoms with Crippen LogP contribution in [0.4, 0.5) is 0 Å². The van der Waals surface area contributed by atoms with Gasteiger partial charge in [0, 0.05) is 24.0 Å². The lowest BCUT2D eigenvalue weighted by molar-refractivity contribution is 0.0948. The molecule has 0 saturated heterocycles. The number of rotatable bonds is 7. The van der Waals surface area contributed by atoms with Crippen molar-refractivity contribution in [3.8, 4) is 17.1 Å². The maximum absolute atomic E-state index is 12.6. The molecule has 2 heterocycles. The minimum atomic E-state index is -0.125. The van der Waals surface area contributed by atoms with E-state index in [1.54, 1.807) is 12.3 Å². The first-order valence-electron chi connectivity index (χ1n) is 10.3. The van der Waals surface area contributed by atoms with Crippen LogP contribution in [0.3, 0.4) is 0 Å². The molecular weight excluding hydrogens is 364 g/mol. The molecule has 1 amide bonds. The van der Waals surface area contributed by atoms with E-state index in [4.69, 9.17) is 9.84 Å². The summed E-state index contributed by atoms with van der Waals surface area (Å²) in [6.45, 7) is 3.58. The minimum Gasteiger partial charge on any atom is -0.493 e. The fraction of sp³-hybridized carbons (Fsp3) is 0.348. The van der Waals surface area contributed by atoms with Gasteiger partial charge in [0.05, 0.1) is 24.4 Å². The Balaban J connectivity index is 1.48. The highest BCUT2D eigenvalue weighted by molar-refractivity contribution is 5.96. The third-order valence-corrected chi connectivity index (χ3v) is 5.21. The van der Waals surface area contributed by atoms with Gasteiger partial charge in [-0.1, -0.05) is 18.2 Å². The molecule has 150 valence electrons. The Hall–Kier alpha value is -3.15. The predicted molar refractivity (Wildman–Crippen MR) is 112 cm³/mol. The first-order valence-corrected chi connectivity index (χ1v) is 10.3. The second-order valence-electron chi connectivity index (χ2n) is 7.10. The Morgan fingerprint density at radius 2 is 1.97 bits per heavy atom. The second-order valence-corrected chi connectivity index (χ2v) is 7.10. The van der Waals surface area contributed by atoms with Crippen LogP contribution in [0.15, 0.2) is 48.7 Å². The average molecular weight is 390 g/mol. The molecule has 0 saturated carbocycles. The SMILES string of the molecule is CCOc1ccccc1C(=O)NCCn1nc(-c2ccccn2)c2c1CCCC2. The Labute approximate surface area is 170 Å². The van der Waals surface area contributed by atoms with Crippen LogP contribution < -0.4 is 10.1 Å². The van der Waals surface area contributed by atoms with Crippen molar-refractivity contribution in [2.24, 2.45) is 0 Å². The summed E-state index contributed by atoms with van der Waals surface area (Å²) in [6.07, 6.45) is 6.23. The van der Waals surface area contributed by atoms with Crippen molar-refractivity contribution < 1.29 is 9.53 Å². The molecule has 29 heavy (non-hydrogen) atoms. The van der Waals surface area contributed by atoms with Gasteiger partial charge in [-0.05, 0) is 56.9 Å². The van der Waals surface area contributed by atoms with Crippen LogP contribution in [0.1, 0.15) is 41.4 Å². The van der Waals surface area contributed by atoms with E-state index in [0.29, 0.717) is 31.0 Å². The molecule has 0 unspecified atom stereocenters. The van der Waals surface area contributed by atoms with E-state index in [9.17, 15) is 4.79 Å². The van der Waals surface area contributed by atoms with Crippen molar-refractivity contribution >= 4 is 5.91 Å². The first-order chi connectivity index (χ1) is 14.3. The van der Waals surface area contributed by atoms with E-state index in [0.717, 1.165) is 24.2 Å². The third-order valence-electron chi connectivity index (χ3n) is 5.21. The molecule has 0 atom stereocenters. The fourth-order valence-electron chi connectivity index (χ4n) is 3.87. The summed E-state index contributed by atoms with van der Waals surface area (Å²) in [5.74, 6) is 0.487. The van der Waals surface area contributed by atoms with Gasteiger partial charge in [-0.3, -0.25) is 14.5 Å². The summed E-state index contributed by atoms with van der Waals surface area (Å²) in [7, 11) is 0. The zero-order valence-electron chi connectivity index (χ0n) is 16.7. The number of para-hydroxylation sites is 1. The van der Waals surface area contributed by atoms with Crippen LogP contribution in [0.5, 0.6) is 5.75 Å². The fourth-order valence-corrected chi connectivity index (χ4v) is 3.87. The van der Waals surface area contributed by atoms with Gasteiger partial charge in [0.15, 0.2) is 0 Å². The van der Waals surface area contributed by atoms with Crippen LogP contribution in [0.25, 0.3) is 11.4 Å². The first kappa shape index (κ1) is 19.2. The zero-order valence-corrected chi connectivity index (χ0v) is 16.7. The van der Waals surface area contributed by atoms with Crippen LogP contribution in [0, 0.1) is 0 Å². The molecule has 2 aromatic heterocycles. The monoisotopic (exact) mass is 390 g/mol. The Kier molecular flexibility index (Phi) is 5.89. The molecule has 0 fully saturated rings. The highest BCUT2D eigenvalue weighted by atomic mass is 16.5. The number of ether oxygens (including phenoxy) is 1. The molecule has 3 aromatic rings. The molecule has 0 radical (unpaired) electrons. The van der Waals surface area contributed by atoms with Crippen molar-refractivity contribution in [2.75, 3.05) is 13.2 Å². The average Bonchev–Trinajstić information content (AvgIpc) is 3.14. The van der Waals surface area contributed by atoms with Gasteiger partial charge in [-0.2, -0.15) is 5.10 Å².